The predicted octanol–water partition coefficient (Wildman–Crippen LogP) is 6.78. The lowest BCUT2D eigenvalue weighted by Gasteiger charge is -2.38. The summed E-state index contributed by atoms with van der Waals surface area (Å²) in [6.07, 6.45) is 5.50. The number of hydrogen-bond acceptors (Lipinski definition) is 1. The maximum atomic E-state index is 6.50. The molecule has 2 aromatic carbocycles. The summed E-state index contributed by atoms with van der Waals surface area (Å²) in [6, 6.07) is 10.6. The monoisotopic (exact) mass is 363 g/mol. The molecule has 0 spiro atoms. The second-order valence-electron chi connectivity index (χ2n) is 6.33. The van der Waals surface area contributed by atoms with Crippen LogP contribution in [-0.4, -0.2) is 0 Å². The van der Waals surface area contributed by atoms with Crippen LogP contribution < -0.4 is 5.32 Å². The molecule has 1 nitrogen and oxygen atoms in total. The standard InChI is InChI=1S/C19H16Cl3N/c1-10-4-2-5-11(8-10)18-13-7-3-6-12(13)16-17(22)14(20)9-15(21)19(16)23-18/h2-6,8-9,12-13,18,23H,7H2,1H3. The van der Waals surface area contributed by atoms with E-state index in [4.69, 9.17) is 34.8 Å². The van der Waals surface area contributed by atoms with E-state index in [-0.39, 0.29) is 12.0 Å². The maximum absolute atomic E-state index is 6.50. The first-order valence-electron chi connectivity index (χ1n) is 7.73. The number of rotatable bonds is 1. The first kappa shape index (κ1) is 15.4. The minimum absolute atomic E-state index is 0.220. The van der Waals surface area contributed by atoms with E-state index in [0.29, 0.717) is 21.0 Å². The van der Waals surface area contributed by atoms with E-state index in [1.165, 1.54) is 11.1 Å². The number of hydrogen-bond donors (Lipinski definition) is 1. The number of halogens is 3. The molecule has 3 atom stereocenters. The molecule has 1 heterocycles. The summed E-state index contributed by atoms with van der Waals surface area (Å²) in [5.41, 5.74) is 4.50. The van der Waals surface area contributed by atoms with Gasteiger partial charge in [0.2, 0.25) is 0 Å². The number of benzene rings is 2. The summed E-state index contributed by atoms with van der Waals surface area (Å²) in [5, 5.41) is 5.40. The fraction of sp³-hybridized carbons (Fsp3) is 0.263. The predicted molar refractivity (Wildman–Crippen MR) is 99.0 cm³/mol. The Kier molecular flexibility index (Phi) is 3.84. The van der Waals surface area contributed by atoms with E-state index in [1.54, 1.807) is 6.07 Å². The summed E-state index contributed by atoms with van der Waals surface area (Å²) in [6.45, 7) is 2.12. The zero-order valence-corrected chi connectivity index (χ0v) is 14.9. The highest BCUT2D eigenvalue weighted by Gasteiger charge is 2.40. The molecule has 2 aliphatic rings. The van der Waals surface area contributed by atoms with Crippen LogP contribution in [-0.2, 0) is 0 Å². The van der Waals surface area contributed by atoms with Crippen LogP contribution in [0.3, 0.4) is 0 Å². The average Bonchev–Trinajstić information content (AvgIpc) is 3.00. The van der Waals surface area contributed by atoms with Gasteiger partial charge in [0.05, 0.1) is 26.8 Å². The maximum Gasteiger partial charge on any atom is 0.0656 e. The zero-order valence-electron chi connectivity index (χ0n) is 12.6. The van der Waals surface area contributed by atoms with Gasteiger partial charge in [0.25, 0.3) is 0 Å². The van der Waals surface area contributed by atoms with E-state index >= 15 is 0 Å². The van der Waals surface area contributed by atoms with E-state index < -0.39 is 0 Å². The van der Waals surface area contributed by atoms with Crippen LogP contribution in [0.1, 0.15) is 35.1 Å². The lowest BCUT2D eigenvalue weighted by atomic mass is 9.77. The van der Waals surface area contributed by atoms with Crippen molar-refractivity contribution in [1.29, 1.82) is 0 Å². The topological polar surface area (TPSA) is 12.0 Å². The van der Waals surface area contributed by atoms with Crippen LogP contribution in [0.15, 0.2) is 42.5 Å². The normalized spacial score (nSPS) is 25.0. The molecule has 3 unspecified atom stereocenters. The smallest absolute Gasteiger partial charge is 0.0656 e. The van der Waals surface area contributed by atoms with Crippen molar-refractivity contribution in [2.24, 2.45) is 5.92 Å². The Labute approximate surface area is 151 Å². The molecule has 0 radical (unpaired) electrons. The summed E-state index contributed by atoms with van der Waals surface area (Å²) in [4.78, 5) is 0. The van der Waals surface area contributed by atoms with Gasteiger partial charge in [-0.2, -0.15) is 0 Å². The molecule has 0 fully saturated rings. The third-order valence-corrected chi connectivity index (χ3v) is 5.98. The Morgan fingerprint density at radius 2 is 1.91 bits per heavy atom. The highest BCUT2D eigenvalue weighted by Crippen LogP contribution is 2.54. The summed E-state index contributed by atoms with van der Waals surface area (Å²) in [5.74, 6) is 0.678. The van der Waals surface area contributed by atoms with Gasteiger partial charge in [-0.15, -0.1) is 0 Å². The number of aryl methyl sites for hydroxylation is 1. The van der Waals surface area contributed by atoms with Gasteiger partial charge < -0.3 is 5.32 Å². The molecular weight excluding hydrogens is 349 g/mol. The second-order valence-corrected chi connectivity index (χ2v) is 7.52. The van der Waals surface area contributed by atoms with E-state index in [1.807, 2.05) is 0 Å². The molecule has 23 heavy (non-hydrogen) atoms. The largest absolute Gasteiger partial charge is 0.376 e. The minimum atomic E-state index is 0.220. The molecule has 118 valence electrons. The molecule has 0 amide bonds. The van der Waals surface area contributed by atoms with Crippen LogP contribution >= 0.6 is 34.8 Å². The molecule has 1 N–H and O–H groups in total. The highest BCUT2D eigenvalue weighted by molar-refractivity contribution is 6.44. The van der Waals surface area contributed by atoms with Gasteiger partial charge in [-0.3, -0.25) is 0 Å². The van der Waals surface area contributed by atoms with Crippen LogP contribution in [0.5, 0.6) is 0 Å². The van der Waals surface area contributed by atoms with Crippen molar-refractivity contribution in [3.8, 4) is 0 Å². The molecule has 0 saturated heterocycles. The van der Waals surface area contributed by atoms with Crippen molar-refractivity contribution in [2.75, 3.05) is 5.32 Å². The number of allylic oxidation sites excluding steroid dienone is 2. The van der Waals surface area contributed by atoms with E-state index in [9.17, 15) is 0 Å². The minimum Gasteiger partial charge on any atom is -0.376 e. The lowest BCUT2D eigenvalue weighted by Crippen LogP contribution is -2.29. The molecule has 1 aliphatic heterocycles. The highest BCUT2D eigenvalue weighted by atomic mass is 35.5. The third kappa shape index (κ3) is 2.46. The fourth-order valence-corrected chi connectivity index (χ4v) is 4.66. The Morgan fingerprint density at radius 1 is 1.09 bits per heavy atom. The summed E-state index contributed by atoms with van der Waals surface area (Å²) >= 11 is 19.2. The number of anilines is 1. The second kappa shape index (κ2) is 5.73. The zero-order chi connectivity index (χ0) is 16.1. The number of fused-ring (bicyclic) bond motifs is 3. The molecule has 2 aromatic rings. The van der Waals surface area contributed by atoms with Gasteiger partial charge in [0.15, 0.2) is 0 Å². The average molecular weight is 365 g/mol. The molecule has 1 aliphatic carbocycles. The Bertz CT molecular complexity index is 813. The van der Waals surface area contributed by atoms with Gasteiger partial charge in [0, 0.05) is 11.5 Å². The molecule has 0 bridgehead atoms. The van der Waals surface area contributed by atoms with Crippen molar-refractivity contribution in [3.05, 3.63) is 74.2 Å². The molecule has 0 saturated carbocycles. The third-order valence-electron chi connectivity index (χ3n) is 4.88. The van der Waals surface area contributed by atoms with Crippen LogP contribution in [0.2, 0.25) is 15.1 Å². The quantitative estimate of drug-likeness (QED) is 0.434. The van der Waals surface area contributed by atoms with Crippen LogP contribution in [0.25, 0.3) is 0 Å². The van der Waals surface area contributed by atoms with Crippen LogP contribution in [0.4, 0.5) is 5.69 Å². The summed E-state index contributed by atoms with van der Waals surface area (Å²) in [7, 11) is 0. The molecule has 4 heteroatoms. The van der Waals surface area contributed by atoms with Crippen molar-refractivity contribution in [2.45, 2.75) is 25.3 Å². The molecular formula is C19H16Cl3N. The van der Waals surface area contributed by atoms with Crippen molar-refractivity contribution in [3.63, 3.8) is 0 Å². The molecule has 4 rings (SSSR count). The SMILES string of the molecule is Cc1cccc(C2Nc3c(Cl)cc(Cl)c(Cl)c3C3C=CCC32)c1. The van der Waals surface area contributed by atoms with Gasteiger partial charge >= 0.3 is 0 Å². The van der Waals surface area contributed by atoms with Crippen LogP contribution in [0, 0.1) is 12.8 Å². The van der Waals surface area contributed by atoms with E-state index in [0.717, 1.165) is 17.7 Å². The van der Waals surface area contributed by atoms with Gasteiger partial charge in [-0.05, 0) is 30.9 Å². The Hall–Kier alpha value is -1.15. The first-order chi connectivity index (χ1) is 11.1. The fourth-order valence-electron chi connectivity index (χ4n) is 3.86. The Morgan fingerprint density at radius 3 is 2.70 bits per heavy atom. The first-order valence-corrected chi connectivity index (χ1v) is 8.87. The Balaban J connectivity index is 1.88. The van der Waals surface area contributed by atoms with Crippen molar-refractivity contribution >= 4 is 40.5 Å². The lowest BCUT2D eigenvalue weighted by molar-refractivity contribution is 0.425. The van der Waals surface area contributed by atoms with E-state index in [2.05, 4.69) is 48.7 Å². The number of nitrogens with one attached hydrogen (secondary N) is 1. The van der Waals surface area contributed by atoms with Crippen molar-refractivity contribution in [1.82, 2.24) is 0 Å². The van der Waals surface area contributed by atoms with Gasteiger partial charge in [-0.1, -0.05) is 76.8 Å². The summed E-state index contributed by atoms with van der Waals surface area (Å²) < 4.78 is 0. The van der Waals surface area contributed by atoms with Gasteiger partial charge in [0.1, 0.15) is 0 Å². The molecule has 0 aromatic heterocycles. The van der Waals surface area contributed by atoms with Crippen molar-refractivity contribution < 1.29 is 0 Å². The van der Waals surface area contributed by atoms with Gasteiger partial charge in [-0.25, -0.2) is 0 Å².